The van der Waals surface area contributed by atoms with E-state index in [0.717, 1.165) is 19.4 Å². The van der Waals surface area contributed by atoms with Crippen LogP contribution in [0.4, 0.5) is 5.69 Å². The Morgan fingerprint density at radius 3 is 2.82 bits per heavy atom. The van der Waals surface area contributed by atoms with Gasteiger partial charge in [-0.15, -0.1) is 0 Å². The minimum absolute atomic E-state index is 0.154. The van der Waals surface area contributed by atoms with Gasteiger partial charge in [-0.25, -0.2) is 4.79 Å². The summed E-state index contributed by atoms with van der Waals surface area (Å²) in [5, 5.41) is 3.61. The number of nitrogens with one attached hydrogen (secondary N) is 2. The van der Waals surface area contributed by atoms with Crippen molar-refractivity contribution >= 4 is 28.5 Å². The average molecular weight is 387 g/mol. The summed E-state index contributed by atoms with van der Waals surface area (Å²) in [5.41, 5.74) is 1.32. The lowest BCUT2D eigenvalue weighted by atomic mass is 10.0. The molecule has 0 spiro atoms. The van der Waals surface area contributed by atoms with Gasteiger partial charge in [0.05, 0.1) is 24.4 Å². The number of aromatic amines is 1. The van der Waals surface area contributed by atoms with Crippen molar-refractivity contribution in [3.63, 3.8) is 0 Å². The predicted molar refractivity (Wildman–Crippen MR) is 104 cm³/mol. The molecule has 1 saturated heterocycles. The Morgan fingerprint density at radius 2 is 2.07 bits per heavy atom. The van der Waals surface area contributed by atoms with Crippen LogP contribution in [-0.2, 0) is 9.53 Å². The Bertz CT molecular complexity index is 907. The molecule has 0 saturated carbocycles. The minimum Gasteiger partial charge on any atom is -0.461 e. The smallest absolute Gasteiger partial charge is 0.356 e. The molecule has 1 fully saturated rings. The molecule has 2 aromatic rings. The lowest BCUT2D eigenvalue weighted by molar-refractivity contribution is -0.118. The van der Waals surface area contributed by atoms with Crippen molar-refractivity contribution in [1.29, 1.82) is 0 Å². The van der Waals surface area contributed by atoms with Crippen LogP contribution in [0, 0.1) is 0 Å². The maximum atomic E-state index is 12.8. The first-order valence-electron chi connectivity index (χ1n) is 9.73. The number of piperidine rings is 1. The van der Waals surface area contributed by atoms with Gasteiger partial charge in [-0.3, -0.25) is 9.69 Å². The molecule has 8 heteroatoms. The maximum Gasteiger partial charge on any atom is 0.356 e. The highest BCUT2D eigenvalue weighted by atomic mass is 16.7. The maximum absolute atomic E-state index is 12.8. The number of rotatable bonds is 5. The molecule has 0 radical (unpaired) electrons. The first-order valence-corrected chi connectivity index (χ1v) is 9.73. The van der Waals surface area contributed by atoms with E-state index in [1.165, 1.54) is 6.42 Å². The fraction of sp³-hybridized carbons (Fsp3) is 0.500. The summed E-state index contributed by atoms with van der Waals surface area (Å²) in [6.07, 6.45) is 3.39. The fourth-order valence-corrected chi connectivity index (χ4v) is 3.83. The summed E-state index contributed by atoms with van der Waals surface area (Å²) in [5.74, 6) is 0.520. The minimum atomic E-state index is -0.512. The molecule has 1 amide bonds. The van der Waals surface area contributed by atoms with Crippen molar-refractivity contribution in [3.05, 3.63) is 17.8 Å². The number of H-pyrrole nitrogens is 1. The van der Waals surface area contributed by atoms with Gasteiger partial charge in [0.15, 0.2) is 11.5 Å². The van der Waals surface area contributed by atoms with Crippen LogP contribution in [0.1, 0.15) is 43.6 Å². The van der Waals surface area contributed by atoms with E-state index in [0.29, 0.717) is 40.7 Å². The number of hydrogen-bond donors (Lipinski definition) is 2. The zero-order valence-corrected chi connectivity index (χ0v) is 16.2. The zero-order chi connectivity index (χ0) is 19.7. The molecule has 0 unspecified atom stereocenters. The van der Waals surface area contributed by atoms with Gasteiger partial charge in [0.1, 0.15) is 5.69 Å². The lowest BCUT2D eigenvalue weighted by Crippen LogP contribution is -2.42. The van der Waals surface area contributed by atoms with Crippen LogP contribution >= 0.6 is 0 Å². The van der Waals surface area contributed by atoms with E-state index in [1.807, 2.05) is 0 Å². The van der Waals surface area contributed by atoms with Crippen LogP contribution in [0.15, 0.2) is 12.1 Å². The molecule has 28 heavy (non-hydrogen) atoms. The number of hydrogen-bond acceptors (Lipinski definition) is 6. The van der Waals surface area contributed by atoms with E-state index in [-0.39, 0.29) is 25.0 Å². The number of nitrogens with zero attached hydrogens (tertiary/aromatic N) is 1. The van der Waals surface area contributed by atoms with E-state index in [2.05, 4.69) is 22.1 Å². The molecular formula is C20H25N3O5. The normalized spacial score (nSPS) is 19.0. The first kappa shape index (κ1) is 18.6. The molecule has 1 aromatic carbocycles. The molecule has 2 aliphatic heterocycles. The molecule has 0 bridgehead atoms. The number of anilines is 1. The number of benzene rings is 1. The summed E-state index contributed by atoms with van der Waals surface area (Å²) in [6.45, 7) is 5.49. The lowest BCUT2D eigenvalue weighted by Gasteiger charge is -2.32. The van der Waals surface area contributed by atoms with Gasteiger partial charge in [0.25, 0.3) is 0 Å². The zero-order valence-electron chi connectivity index (χ0n) is 16.2. The van der Waals surface area contributed by atoms with Crippen molar-refractivity contribution in [1.82, 2.24) is 9.88 Å². The van der Waals surface area contributed by atoms with Crippen LogP contribution in [-0.4, -0.2) is 54.3 Å². The Balaban J connectivity index is 1.64. The summed E-state index contributed by atoms with van der Waals surface area (Å²) >= 11 is 0. The summed E-state index contributed by atoms with van der Waals surface area (Å²) in [6, 6.07) is 3.92. The number of aromatic nitrogens is 1. The van der Waals surface area contributed by atoms with E-state index in [1.54, 1.807) is 19.1 Å². The fourth-order valence-electron chi connectivity index (χ4n) is 3.83. The van der Waals surface area contributed by atoms with E-state index >= 15 is 0 Å². The highest BCUT2D eigenvalue weighted by molar-refractivity contribution is 6.11. The van der Waals surface area contributed by atoms with Gasteiger partial charge in [-0.05, 0) is 39.3 Å². The number of amides is 1. The highest BCUT2D eigenvalue weighted by Gasteiger charge is 2.26. The number of carbonyl (C=O) groups is 2. The van der Waals surface area contributed by atoms with Crippen LogP contribution < -0.4 is 14.8 Å². The molecular weight excluding hydrogens is 362 g/mol. The largest absolute Gasteiger partial charge is 0.461 e. The van der Waals surface area contributed by atoms with Crippen LogP contribution in [0.3, 0.4) is 0 Å². The third kappa shape index (κ3) is 3.52. The Kier molecular flexibility index (Phi) is 5.13. The molecule has 0 aliphatic carbocycles. The molecule has 2 aliphatic rings. The van der Waals surface area contributed by atoms with Gasteiger partial charge in [-0.1, -0.05) is 6.42 Å². The summed E-state index contributed by atoms with van der Waals surface area (Å²) in [7, 11) is 0. The number of fused-ring (bicyclic) bond motifs is 2. The van der Waals surface area contributed by atoms with Crippen LogP contribution in [0.25, 0.3) is 10.9 Å². The third-order valence-electron chi connectivity index (χ3n) is 5.32. The van der Waals surface area contributed by atoms with Gasteiger partial charge in [0, 0.05) is 17.5 Å². The number of ether oxygens (including phenoxy) is 3. The SMILES string of the molecule is CCOC(=O)c1[nH]c2cc3c(cc2c1NC(=O)CN1CCCC[C@@H]1C)OCO3. The van der Waals surface area contributed by atoms with Gasteiger partial charge in [0.2, 0.25) is 12.7 Å². The quantitative estimate of drug-likeness (QED) is 0.767. The van der Waals surface area contributed by atoms with Gasteiger partial charge < -0.3 is 24.5 Å². The summed E-state index contributed by atoms with van der Waals surface area (Å²) in [4.78, 5) is 30.4. The monoisotopic (exact) mass is 387 g/mol. The number of carbonyl (C=O) groups excluding carboxylic acids is 2. The second-order valence-electron chi connectivity index (χ2n) is 7.21. The Labute approximate surface area is 163 Å². The first-order chi connectivity index (χ1) is 13.6. The molecule has 3 heterocycles. The van der Waals surface area contributed by atoms with Crippen molar-refractivity contribution in [2.24, 2.45) is 0 Å². The van der Waals surface area contributed by atoms with Crippen LogP contribution in [0.2, 0.25) is 0 Å². The predicted octanol–water partition coefficient (Wildman–Crippen LogP) is 2.89. The van der Waals surface area contributed by atoms with E-state index in [4.69, 9.17) is 14.2 Å². The van der Waals surface area contributed by atoms with Crippen molar-refractivity contribution in [2.75, 3.05) is 31.8 Å². The second kappa shape index (κ2) is 7.71. The molecule has 4 rings (SSSR count). The number of likely N-dealkylation sites (tertiary alicyclic amines) is 1. The average Bonchev–Trinajstić information content (AvgIpc) is 3.26. The molecule has 1 atom stereocenters. The Hall–Kier alpha value is -2.74. The van der Waals surface area contributed by atoms with Crippen molar-refractivity contribution in [3.8, 4) is 11.5 Å². The van der Waals surface area contributed by atoms with Crippen LogP contribution in [0.5, 0.6) is 11.5 Å². The third-order valence-corrected chi connectivity index (χ3v) is 5.32. The van der Waals surface area contributed by atoms with Crippen molar-refractivity contribution < 1.29 is 23.8 Å². The van der Waals surface area contributed by atoms with E-state index < -0.39 is 5.97 Å². The topological polar surface area (TPSA) is 92.9 Å². The van der Waals surface area contributed by atoms with Gasteiger partial charge in [-0.2, -0.15) is 0 Å². The second-order valence-corrected chi connectivity index (χ2v) is 7.21. The van der Waals surface area contributed by atoms with Crippen molar-refractivity contribution in [2.45, 2.75) is 39.2 Å². The number of esters is 1. The highest BCUT2D eigenvalue weighted by Crippen LogP contribution is 2.40. The van der Waals surface area contributed by atoms with E-state index in [9.17, 15) is 9.59 Å². The molecule has 1 aromatic heterocycles. The molecule has 150 valence electrons. The summed E-state index contributed by atoms with van der Waals surface area (Å²) < 4.78 is 16.0. The molecule has 8 nitrogen and oxygen atoms in total. The molecule has 2 N–H and O–H groups in total. The van der Waals surface area contributed by atoms with Gasteiger partial charge >= 0.3 is 5.97 Å². The standard InChI is InChI=1S/C20H25N3O5/c1-3-26-20(25)19-18(22-17(24)10-23-7-5-4-6-12(23)2)13-8-15-16(28-11-27-15)9-14(13)21-19/h8-9,12,21H,3-7,10-11H2,1-2H3,(H,22,24)/t12-/m0/s1. The Morgan fingerprint density at radius 1 is 1.29 bits per heavy atom.